The molecule has 0 unspecified atom stereocenters. The molecule has 0 saturated heterocycles. The second-order valence-corrected chi connectivity index (χ2v) is 5.65. The van der Waals surface area contributed by atoms with Crippen LogP contribution in [0.5, 0.6) is 0 Å². The summed E-state index contributed by atoms with van der Waals surface area (Å²) in [5.41, 5.74) is 0. The van der Waals surface area contributed by atoms with Crippen LogP contribution in [0.2, 0.25) is 0 Å². The van der Waals surface area contributed by atoms with E-state index in [0.717, 1.165) is 18.8 Å². The van der Waals surface area contributed by atoms with Gasteiger partial charge in [-0.15, -0.1) is 11.3 Å². The normalized spacial score (nSPS) is 16.6. The van der Waals surface area contributed by atoms with E-state index in [4.69, 9.17) is 5.41 Å². The Labute approximate surface area is 102 Å². The maximum Gasteiger partial charge on any atom is 0.0986 e. The highest BCUT2D eigenvalue weighted by Crippen LogP contribution is 2.26. The number of nitrogens with zero attached hydrogens (tertiary/aromatic N) is 1. The fourth-order valence-electron chi connectivity index (χ4n) is 2.36. The molecule has 0 spiro atoms. The van der Waals surface area contributed by atoms with Crippen molar-refractivity contribution in [3.63, 3.8) is 0 Å². The number of hydrogen-bond donors (Lipinski definition) is 1. The average Bonchev–Trinajstić information content (AvgIpc) is 2.96. The second kappa shape index (κ2) is 5.48. The third kappa shape index (κ3) is 2.85. The first-order valence-corrected chi connectivity index (χ1v) is 6.97. The van der Waals surface area contributed by atoms with Gasteiger partial charge in [-0.3, -0.25) is 5.41 Å². The molecule has 1 aromatic heterocycles. The summed E-state index contributed by atoms with van der Waals surface area (Å²) in [5.74, 6) is 1.39. The van der Waals surface area contributed by atoms with Gasteiger partial charge < -0.3 is 4.90 Å². The van der Waals surface area contributed by atoms with E-state index in [1.165, 1.54) is 30.6 Å². The van der Waals surface area contributed by atoms with Gasteiger partial charge in [0.15, 0.2) is 0 Å². The Hall–Kier alpha value is -0.830. The molecule has 1 N–H and O–H groups in total. The number of rotatable bonds is 4. The second-order valence-electron chi connectivity index (χ2n) is 4.62. The minimum Gasteiger partial charge on any atom is -0.363 e. The van der Waals surface area contributed by atoms with Gasteiger partial charge in [-0.25, -0.2) is 0 Å². The van der Waals surface area contributed by atoms with Crippen LogP contribution in [0.4, 0.5) is 0 Å². The topological polar surface area (TPSA) is 27.1 Å². The van der Waals surface area contributed by atoms with Crippen LogP contribution in [0, 0.1) is 11.3 Å². The van der Waals surface area contributed by atoms with Crippen molar-refractivity contribution in [2.24, 2.45) is 5.92 Å². The molecule has 1 aliphatic rings. The molecule has 1 saturated carbocycles. The van der Waals surface area contributed by atoms with E-state index in [0.29, 0.717) is 5.92 Å². The molecule has 2 rings (SSSR count). The minimum atomic E-state index is 0.535. The van der Waals surface area contributed by atoms with Gasteiger partial charge in [0.05, 0.1) is 5.84 Å². The Kier molecular flexibility index (Phi) is 3.99. The third-order valence-corrected chi connectivity index (χ3v) is 4.36. The number of nitrogens with one attached hydrogen (secondary N) is 1. The monoisotopic (exact) mass is 236 g/mol. The van der Waals surface area contributed by atoms with Gasteiger partial charge >= 0.3 is 0 Å². The summed E-state index contributed by atoms with van der Waals surface area (Å²) in [6, 6.07) is 4.28. The quantitative estimate of drug-likeness (QED) is 0.629. The van der Waals surface area contributed by atoms with Crippen LogP contribution in [0.15, 0.2) is 17.5 Å². The van der Waals surface area contributed by atoms with E-state index in [9.17, 15) is 0 Å². The molecular formula is C13H20N2S. The highest BCUT2D eigenvalue weighted by molar-refractivity contribution is 7.09. The van der Waals surface area contributed by atoms with E-state index in [2.05, 4.69) is 29.5 Å². The van der Waals surface area contributed by atoms with E-state index < -0.39 is 0 Å². The largest absolute Gasteiger partial charge is 0.363 e. The predicted octanol–water partition coefficient (Wildman–Crippen LogP) is 3.39. The molecule has 0 radical (unpaired) electrons. The third-order valence-electron chi connectivity index (χ3n) is 3.43. The van der Waals surface area contributed by atoms with Crippen LogP contribution in [-0.4, -0.2) is 24.3 Å². The van der Waals surface area contributed by atoms with Gasteiger partial charge in [0.25, 0.3) is 0 Å². The predicted molar refractivity (Wildman–Crippen MR) is 70.3 cm³/mol. The van der Waals surface area contributed by atoms with Crippen LogP contribution in [0.25, 0.3) is 0 Å². The highest BCUT2D eigenvalue weighted by Gasteiger charge is 2.21. The van der Waals surface area contributed by atoms with E-state index in [-0.39, 0.29) is 0 Å². The molecule has 0 aliphatic heterocycles. The van der Waals surface area contributed by atoms with Crippen molar-refractivity contribution in [2.75, 3.05) is 13.6 Å². The standard InChI is InChI=1S/C13H20N2S/c1-15(9-8-12-7-4-10-16-12)13(14)11-5-2-3-6-11/h4,7,10-11,14H,2-3,5-6,8-9H2,1H3. The van der Waals surface area contributed by atoms with Gasteiger partial charge in [-0.05, 0) is 30.7 Å². The van der Waals surface area contributed by atoms with Crippen LogP contribution >= 0.6 is 11.3 Å². The van der Waals surface area contributed by atoms with Crippen molar-refractivity contribution in [1.29, 1.82) is 5.41 Å². The summed E-state index contributed by atoms with van der Waals surface area (Å²) in [6.07, 6.45) is 6.14. The van der Waals surface area contributed by atoms with Gasteiger partial charge in [-0.2, -0.15) is 0 Å². The van der Waals surface area contributed by atoms with E-state index >= 15 is 0 Å². The zero-order chi connectivity index (χ0) is 11.4. The molecule has 2 nitrogen and oxygen atoms in total. The van der Waals surface area contributed by atoms with Crippen LogP contribution < -0.4 is 0 Å². The first kappa shape index (κ1) is 11.6. The summed E-state index contributed by atoms with van der Waals surface area (Å²) in [6.45, 7) is 0.982. The summed E-state index contributed by atoms with van der Waals surface area (Å²) >= 11 is 1.81. The molecule has 1 aliphatic carbocycles. The van der Waals surface area contributed by atoms with Crippen molar-refractivity contribution in [3.05, 3.63) is 22.4 Å². The lowest BCUT2D eigenvalue weighted by Crippen LogP contribution is -2.32. The van der Waals surface area contributed by atoms with Crippen molar-refractivity contribution >= 4 is 17.2 Å². The van der Waals surface area contributed by atoms with E-state index in [1.54, 1.807) is 0 Å². The van der Waals surface area contributed by atoms with Gasteiger partial charge in [0.1, 0.15) is 0 Å². The molecule has 3 heteroatoms. The lowest BCUT2D eigenvalue weighted by Gasteiger charge is -2.23. The maximum absolute atomic E-state index is 8.15. The van der Waals surface area contributed by atoms with Crippen molar-refractivity contribution in [1.82, 2.24) is 4.90 Å². The maximum atomic E-state index is 8.15. The van der Waals surface area contributed by atoms with Gasteiger partial charge in [0, 0.05) is 24.4 Å². The Bertz CT molecular complexity index is 326. The first-order chi connectivity index (χ1) is 7.77. The Morgan fingerprint density at radius 2 is 2.25 bits per heavy atom. The number of thiophene rings is 1. The van der Waals surface area contributed by atoms with Crippen LogP contribution in [-0.2, 0) is 6.42 Å². The molecule has 1 heterocycles. The summed E-state index contributed by atoms with van der Waals surface area (Å²) < 4.78 is 0. The number of hydrogen-bond acceptors (Lipinski definition) is 2. The van der Waals surface area contributed by atoms with Gasteiger partial charge in [-0.1, -0.05) is 18.9 Å². The Morgan fingerprint density at radius 1 is 1.50 bits per heavy atom. The minimum absolute atomic E-state index is 0.535. The molecule has 16 heavy (non-hydrogen) atoms. The van der Waals surface area contributed by atoms with E-state index in [1.807, 2.05) is 11.3 Å². The summed E-state index contributed by atoms with van der Waals surface area (Å²) in [7, 11) is 2.06. The Balaban J connectivity index is 1.78. The summed E-state index contributed by atoms with van der Waals surface area (Å²) in [4.78, 5) is 3.56. The molecule has 0 bridgehead atoms. The molecule has 1 fully saturated rings. The SMILES string of the molecule is CN(CCc1cccs1)C(=N)C1CCCC1. The van der Waals surface area contributed by atoms with Crippen molar-refractivity contribution < 1.29 is 0 Å². The van der Waals surface area contributed by atoms with Crippen molar-refractivity contribution in [2.45, 2.75) is 32.1 Å². The Morgan fingerprint density at radius 3 is 2.88 bits per heavy atom. The number of likely N-dealkylation sites (N-methyl/N-ethyl adjacent to an activating group) is 1. The highest BCUT2D eigenvalue weighted by atomic mass is 32.1. The van der Waals surface area contributed by atoms with Gasteiger partial charge in [0.2, 0.25) is 0 Å². The zero-order valence-electron chi connectivity index (χ0n) is 9.91. The van der Waals surface area contributed by atoms with Crippen molar-refractivity contribution in [3.8, 4) is 0 Å². The fraction of sp³-hybridized carbons (Fsp3) is 0.615. The molecule has 0 aromatic carbocycles. The lowest BCUT2D eigenvalue weighted by atomic mass is 10.1. The fourth-order valence-corrected chi connectivity index (χ4v) is 3.06. The first-order valence-electron chi connectivity index (χ1n) is 6.09. The molecule has 88 valence electrons. The average molecular weight is 236 g/mol. The molecule has 0 amide bonds. The molecular weight excluding hydrogens is 216 g/mol. The lowest BCUT2D eigenvalue weighted by molar-refractivity contribution is 0.465. The molecule has 1 aromatic rings. The zero-order valence-corrected chi connectivity index (χ0v) is 10.7. The number of amidine groups is 1. The molecule has 0 atom stereocenters. The van der Waals surface area contributed by atoms with Crippen LogP contribution in [0.1, 0.15) is 30.6 Å². The smallest absolute Gasteiger partial charge is 0.0986 e. The summed E-state index contributed by atoms with van der Waals surface area (Å²) in [5, 5.41) is 10.3. The van der Waals surface area contributed by atoms with Crippen LogP contribution in [0.3, 0.4) is 0 Å².